The zero-order valence-electron chi connectivity index (χ0n) is 17.9. The predicted octanol–water partition coefficient (Wildman–Crippen LogP) is 5.48. The molecule has 4 aromatic carbocycles. The molecule has 162 valence electrons. The maximum atomic E-state index is 12.5. The van der Waals surface area contributed by atoms with Crippen molar-refractivity contribution in [2.24, 2.45) is 5.10 Å². The lowest BCUT2D eigenvalue weighted by Gasteiger charge is -2.09. The van der Waals surface area contributed by atoms with E-state index in [9.17, 15) is 4.79 Å². The van der Waals surface area contributed by atoms with Crippen molar-refractivity contribution in [1.82, 2.24) is 15.0 Å². The number of rotatable bonds is 7. The van der Waals surface area contributed by atoms with E-state index in [1.165, 1.54) is 17.3 Å². The first kappa shape index (κ1) is 21.0. The monoisotopic (exact) mass is 450 g/mol. The van der Waals surface area contributed by atoms with Gasteiger partial charge in [-0.25, -0.2) is 10.4 Å². The minimum absolute atomic E-state index is 0.171. The van der Waals surface area contributed by atoms with Crippen LogP contribution in [0.5, 0.6) is 0 Å². The Labute approximate surface area is 196 Å². The molecule has 0 aliphatic heterocycles. The lowest BCUT2D eigenvalue weighted by atomic mass is 10.1. The second-order valence-electron chi connectivity index (χ2n) is 7.61. The number of nitrogens with one attached hydrogen (secondary N) is 1. The molecule has 33 heavy (non-hydrogen) atoms. The Kier molecular flexibility index (Phi) is 6.17. The second kappa shape index (κ2) is 9.71. The number of benzene rings is 4. The van der Waals surface area contributed by atoms with Gasteiger partial charge in [-0.15, -0.1) is 0 Å². The third kappa shape index (κ3) is 4.81. The fraction of sp³-hybridized carbons (Fsp3) is 0.0741. The predicted molar refractivity (Wildman–Crippen MR) is 136 cm³/mol. The SMILES string of the molecule is O=C(CSc1nc2ccccc2n1Cc1ccccc1)N/N=C/c1cccc2ccccc12. The number of hydrazone groups is 1. The Morgan fingerprint density at radius 2 is 1.67 bits per heavy atom. The third-order valence-corrected chi connectivity index (χ3v) is 6.33. The van der Waals surface area contributed by atoms with Crippen molar-refractivity contribution in [3.63, 3.8) is 0 Å². The van der Waals surface area contributed by atoms with E-state index in [1.54, 1.807) is 6.21 Å². The molecule has 1 heterocycles. The average Bonchev–Trinajstić information content (AvgIpc) is 3.21. The third-order valence-electron chi connectivity index (χ3n) is 5.35. The van der Waals surface area contributed by atoms with Crippen molar-refractivity contribution in [3.05, 3.63) is 108 Å². The van der Waals surface area contributed by atoms with Gasteiger partial charge in [0, 0.05) is 5.56 Å². The molecule has 5 nitrogen and oxygen atoms in total. The van der Waals surface area contributed by atoms with Crippen LogP contribution in [0.4, 0.5) is 0 Å². The van der Waals surface area contributed by atoms with Crippen LogP contribution in [-0.4, -0.2) is 27.4 Å². The standard InChI is InChI=1S/C27H22N4OS/c32-26(30-28-17-22-13-8-12-21-11-4-5-14-23(21)22)19-33-27-29-24-15-6-7-16-25(24)31(27)18-20-9-2-1-3-10-20/h1-17H,18-19H2,(H,30,32)/b28-17+. The molecule has 0 radical (unpaired) electrons. The highest BCUT2D eigenvalue weighted by Gasteiger charge is 2.13. The number of aromatic nitrogens is 2. The highest BCUT2D eigenvalue weighted by Crippen LogP contribution is 2.25. The molecule has 1 aromatic heterocycles. The number of hydrogen-bond donors (Lipinski definition) is 1. The molecule has 0 aliphatic rings. The van der Waals surface area contributed by atoms with Gasteiger partial charge in [-0.05, 0) is 28.5 Å². The van der Waals surface area contributed by atoms with Gasteiger partial charge in [0.1, 0.15) is 0 Å². The summed E-state index contributed by atoms with van der Waals surface area (Å²) >= 11 is 1.41. The minimum Gasteiger partial charge on any atom is -0.314 e. The van der Waals surface area contributed by atoms with Gasteiger partial charge in [-0.3, -0.25) is 4.79 Å². The van der Waals surface area contributed by atoms with Crippen LogP contribution >= 0.6 is 11.8 Å². The van der Waals surface area contributed by atoms with Gasteiger partial charge in [0.2, 0.25) is 0 Å². The number of fused-ring (bicyclic) bond motifs is 2. The number of amides is 1. The topological polar surface area (TPSA) is 59.3 Å². The molecule has 0 atom stereocenters. The minimum atomic E-state index is -0.171. The highest BCUT2D eigenvalue weighted by atomic mass is 32.2. The average molecular weight is 451 g/mol. The van der Waals surface area contributed by atoms with E-state index in [-0.39, 0.29) is 11.7 Å². The number of imidazole rings is 1. The van der Waals surface area contributed by atoms with Crippen molar-refractivity contribution in [3.8, 4) is 0 Å². The van der Waals surface area contributed by atoms with Crippen LogP contribution in [0, 0.1) is 0 Å². The molecule has 5 rings (SSSR count). The van der Waals surface area contributed by atoms with E-state index in [1.807, 2.05) is 66.7 Å². The van der Waals surface area contributed by atoms with Crippen LogP contribution in [0.3, 0.4) is 0 Å². The summed E-state index contributed by atoms with van der Waals surface area (Å²) in [5, 5.41) is 7.22. The lowest BCUT2D eigenvalue weighted by molar-refractivity contribution is -0.118. The zero-order valence-corrected chi connectivity index (χ0v) is 18.7. The summed E-state index contributed by atoms with van der Waals surface area (Å²) in [6.07, 6.45) is 1.69. The molecule has 0 saturated heterocycles. The molecule has 6 heteroatoms. The first-order chi connectivity index (χ1) is 16.3. The molecular weight excluding hydrogens is 428 g/mol. The highest BCUT2D eigenvalue weighted by molar-refractivity contribution is 7.99. The van der Waals surface area contributed by atoms with Crippen molar-refractivity contribution >= 4 is 45.7 Å². The van der Waals surface area contributed by atoms with Crippen LogP contribution in [0.2, 0.25) is 0 Å². The van der Waals surface area contributed by atoms with Gasteiger partial charge >= 0.3 is 0 Å². The van der Waals surface area contributed by atoms with Gasteiger partial charge < -0.3 is 4.57 Å². The van der Waals surface area contributed by atoms with Crippen molar-refractivity contribution in [1.29, 1.82) is 0 Å². The molecule has 0 unspecified atom stereocenters. The Balaban J connectivity index is 1.28. The summed E-state index contributed by atoms with van der Waals surface area (Å²) in [7, 11) is 0. The Bertz CT molecular complexity index is 1440. The van der Waals surface area contributed by atoms with Gasteiger partial charge in [0.05, 0.1) is 29.5 Å². The van der Waals surface area contributed by atoms with Gasteiger partial charge in [-0.2, -0.15) is 5.10 Å². The van der Waals surface area contributed by atoms with Gasteiger partial charge in [0.15, 0.2) is 5.16 Å². The van der Waals surface area contributed by atoms with Crippen molar-refractivity contribution in [2.45, 2.75) is 11.7 Å². The molecule has 0 bridgehead atoms. The van der Waals surface area contributed by atoms with E-state index >= 15 is 0 Å². The number of carbonyl (C=O) groups excluding carboxylic acids is 1. The Morgan fingerprint density at radius 1 is 0.909 bits per heavy atom. The van der Waals surface area contributed by atoms with Crippen LogP contribution in [0.1, 0.15) is 11.1 Å². The Morgan fingerprint density at radius 3 is 2.58 bits per heavy atom. The summed E-state index contributed by atoms with van der Waals surface area (Å²) in [4.78, 5) is 17.2. The molecule has 0 saturated carbocycles. The smallest absolute Gasteiger partial charge is 0.250 e. The summed E-state index contributed by atoms with van der Waals surface area (Å²) in [5.41, 5.74) is 6.77. The molecule has 5 aromatic rings. The van der Waals surface area contributed by atoms with Crippen molar-refractivity contribution < 1.29 is 4.79 Å². The lowest BCUT2D eigenvalue weighted by Crippen LogP contribution is -2.20. The Hall–Kier alpha value is -3.90. The second-order valence-corrected chi connectivity index (χ2v) is 8.55. The van der Waals surface area contributed by atoms with Gasteiger partial charge in [-0.1, -0.05) is 96.7 Å². The maximum Gasteiger partial charge on any atom is 0.250 e. The summed E-state index contributed by atoms with van der Waals surface area (Å²) < 4.78 is 2.15. The van der Waals surface area contributed by atoms with E-state index in [0.29, 0.717) is 6.54 Å². The number of carbonyl (C=O) groups is 1. The fourth-order valence-corrected chi connectivity index (χ4v) is 4.59. The summed E-state index contributed by atoms with van der Waals surface area (Å²) in [6, 6.07) is 32.4. The zero-order chi connectivity index (χ0) is 22.5. The molecule has 0 spiro atoms. The number of para-hydroxylation sites is 2. The molecule has 1 N–H and O–H groups in total. The largest absolute Gasteiger partial charge is 0.314 e. The van der Waals surface area contributed by atoms with Crippen LogP contribution in [0.25, 0.3) is 21.8 Å². The molecular formula is C27H22N4OS. The quantitative estimate of drug-likeness (QED) is 0.203. The number of hydrogen-bond acceptors (Lipinski definition) is 4. The van der Waals surface area contributed by atoms with E-state index < -0.39 is 0 Å². The summed E-state index contributed by atoms with van der Waals surface area (Å²) in [6.45, 7) is 0.699. The molecule has 0 fully saturated rings. The first-order valence-electron chi connectivity index (χ1n) is 10.7. The number of nitrogens with zero attached hydrogens (tertiary/aromatic N) is 3. The van der Waals surface area contributed by atoms with Crippen LogP contribution in [0.15, 0.2) is 107 Å². The molecule has 0 aliphatic carbocycles. The maximum absolute atomic E-state index is 12.5. The normalized spacial score (nSPS) is 11.4. The van der Waals surface area contributed by atoms with Crippen LogP contribution < -0.4 is 5.43 Å². The fourth-order valence-electron chi connectivity index (χ4n) is 3.78. The van der Waals surface area contributed by atoms with Crippen LogP contribution in [-0.2, 0) is 11.3 Å². The first-order valence-corrected chi connectivity index (χ1v) is 11.7. The number of thioether (sulfide) groups is 1. The van der Waals surface area contributed by atoms with Crippen molar-refractivity contribution in [2.75, 3.05) is 5.75 Å². The van der Waals surface area contributed by atoms with Gasteiger partial charge in [0.25, 0.3) is 5.91 Å². The summed E-state index contributed by atoms with van der Waals surface area (Å²) in [5.74, 6) is 0.0557. The van der Waals surface area contributed by atoms with E-state index in [2.05, 4.69) is 45.4 Å². The van der Waals surface area contributed by atoms with E-state index in [0.717, 1.165) is 32.5 Å². The molecule has 1 amide bonds. The van der Waals surface area contributed by atoms with E-state index in [4.69, 9.17) is 4.98 Å².